The van der Waals surface area contributed by atoms with E-state index in [0.717, 1.165) is 9.47 Å². The zero-order valence-electron chi connectivity index (χ0n) is 18.8. The van der Waals surface area contributed by atoms with Gasteiger partial charge in [-0.15, -0.1) is 0 Å². The molecule has 33 heavy (non-hydrogen) atoms. The molecule has 174 valence electrons. The second-order valence-corrected chi connectivity index (χ2v) is 7.19. The molecule has 0 fully saturated rings. The number of aromatic hydroxyl groups is 1. The van der Waals surface area contributed by atoms with E-state index in [1.54, 1.807) is 13.8 Å². The van der Waals surface area contributed by atoms with Crippen molar-refractivity contribution in [3.8, 4) is 5.88 Å². The summed E-state index contributed by atoms with van der Waals surface area (Å²) in [6.45, 7) is 6.43. The molecule has 0 radical (unpaired) electrons. The Kier molecular flexibility index (Phi) is 7.55. The van der Waals surface area contributed by atoms with E-state index >= 15 is 0 Å². The summed E-state index contributed by atoms with van der Waals surface area (Å²) in [7, 11) is 0. The topological polar surface area (TPSA) is 166 Å². The van der Waals surface area contributed by atoms with Gasteiger partial charge in [0.1, 0.15) is 11.1 Å². The summed E-state index contributed by atoms with van der Waals surface area (Å²) in [6.07, 6.45) is 7.41. The zero-order valence-corrected chi connectivity index (χ0v) is 18.8. The Morgan fingerprint density at radius 1 is 0.939 bits per heavy atom. The number of hydrogen-bond donors (Lipinski definition) is 3. The van der Waals surface area contributed by atoms with E-state index in [1.165, 1.54) is 44.2 Å². The fourth-order valence-electron chi connectivity index (χ4n) is 3.59. The molecule has 0 atom stereocenters. The molecular weight excluding hydrogens is 428 g/mol. The fraction of sp³-hybridized carbons (Fsp3) is 0.261. The summed E-state index contributed by atoms with van der Waals surface area (Å²) in [5.74, 6) is -3.54. The van der Waals surface area contributed by atoms with Crippen molar-refractivity contribution in [1.29, 1.82) is 0 Å². The number of rotatable bonds is 7. The maximum absolute atomic E-state index is 12.6. The molecule has 1 aromatic rings. The summed E-state index contributed by atoms with van der Waals surface area (Å²) in [6, 6.07) is 0. The lowest BCUT2D eigenvalue weighted by molar-refractivity contribution is -0.141. The molecule has 1 aliphatic heterocycles. The van der Waals surface area contributed by atoms with Crippen LogP contribution in [0.3, 0.4) is 0 Å². The average Bonchev–Trinajstić information content (AvgIpc) is 2.72. The van der Waals surface area contributed by atoms with Crippen molar-refractivity contribution in [2.24, 2.45) is 11.5 Å². The molecule has 5 N–H and O–H groups in total. The molecule has 4 amide bonds. The van der Waals surface area contributed by atoms with Crippen LogP contribution in [0.5, 0.6) is 5.88 Å². The normalized spacial score (nSPS) is 16.0. The largest absolute Gasteiger partial charge is 0.494 e. The molecule has 0 bridgehead atoms. The van der Waals surface area contributed by atoms with E-state index in [1.807, 2.05) is 0 Å². The average molecular weight is 454 g/mol. The van der Waals surface area contributed by atoms with E-state index in [0.29, 0.717) is 0 Å². The van der Waals surface area contributed by atoms with Crippen molar-refractivity contribution in [2.75, 3.05) is 6.54 Å². The standard InChI is InChI=1S/C23H26N4O6/c1-5-26-20(30)14(12(3)16(18(24)28)22(26)32)10-8-7-9-11-15-13(4)17(19(25)29)23(33)27(6-2)21(15)31/h7-11,32H,5-6H2,1-4H3,(H2,24,28)(H2,25,29)/b9-7?,10-8?,15-11-. The third kappa shape index (κ3) is 4.54. The maximum atomic E-state index is 12.6. The van der Waals surface area contributed by atoms with Crippen molar-refractivity contribution in [1.82, 2.24) is 9.47 Å². The zero-order chi connectivity index (χ0) is 25.0. The maximum Gasteiger partial charge on any atom is 0.266 e. The van der Waals surface area contributed by atoms with Crippen molar-refractivity contribution < 1.29 is 24.3 Å². The molecule has 0 aliphatic carbocycles. The molecule has 10 heteroatoms. The summed E-state index contributed by atoms with van der Waals surface area (Å²) in [5.41, 5.74) is 10.5. The number of amides is 4. The number of nitrogens with two attached hydrogens (primary N) is 2. The van der Waals surface area contributed by atoms with Crippen molar-refractivity contribution >= 4 is 29.7 Å². The summed E-state index contributed by atoms with van der Waals surface area (Å²) >= 11 is 0. The van der Waals surface area contributed by atoms with Crippen LogP contribution in [0.1, 0.15) is 42.3 Å². The number of likely N-dealkylation sites (N-methyl/N-ethyl adjacent to an activating group) is 1. The minimum absolute atomic E-state index is 0.0781. The summed E-state index contributed by atoms with van der Waals surface area (Å²) in [5, 5.41) is 10.2. The lowest BCUT2D eigenvalue weighted by Crippen LogP contribution is -2.45. The van der Waals surface area contributed by atoms with E-state index in [9.17, 15) is 29.1 Å². The van der Waals surface area contributed by atoms with E-state index in [4.69, 9.17) is 11.5 Å². The van der Waals surface area contributed by atoms with Gasteiger partial charge in [0.25, 0.3) is 29.2 Å². The number of pyridine rings is 1. The smallest absolute Gasteiger partial charge is 0.266 e. The van der Waals surface area contributed by atoms with Gasteiger partial charge < -0.3 is 16.6 Å². The van der Waals surface area contributed by atoms with Gasteiger partial charge in [-0.3, -0.25) is 33.4 Å². The monoisotopic (exact) mass is 454 g/mol. The van der Waals surface area contributed by atoms with Crippen LogP contribution in [0.15, 0.2) is 45.8 Å². The molecule has 1 aliphatic rings. The highest BCUT2D eigenvalue weighted by Crippen LogP contribution is 2.25. The number of aromatic nitrogens is 1. The molecule has 2 heterocycles. The van der Waals surface area contributed by atoms with Crippen LogP contribution < -0.4 is 17.0 Å². The van der Waals surface area contributed by atoms with Gasteiger partial charge in [0.15, 0.2) is 0 Å². The van der Waals surface area contributed by atoms with Crippen LogP contribution in [0.25, 0.3) is 6.08 Å². The first kappa shape index (κ1) is 25.1. The highest BCUT2D eigenvalue weighted by Gasteiger charge is 2.36. The molecule has 0 saturated heterocycles. The molecule has 0 spiro atoms. The highest BCUT2D eigenvalue weighted by molar-refractivity contribution is 6.27. The van der Waals surface area contributed by atoms with E-state index in [2.05, 4.69) is 0 Å². The molecule has 0 unspecified atom stereocenters. The molecule has 0 aromatic carbocycles. The molecule has 10 nitrogen and oxygen atoms in total. The van der Waals surface area contributed by atoms with Gasteiger partial charge >= 0.3 is 0 Å². The Morgan fingerprint density at radius 3 is 2.09 bits per heavy atom. The van der Waals surface area contributed by atoms with Crippen LogP contribution in [-0.4, -0.2) is 44.7 Å². The SMILES string of the molecule is CCN1C(=O)C(C(N)=O)=C(C)/C(=C/C=CC=Cc2c(C)c(C(N)=O)c(O)n(CC)c2=O)C1=O. The Balaban J connectivity index is 2.48. The number of carbonyl (C=O) groups is 4. The van der Waals surface area contributed by atoms with Gasteiger partial charge in [-0.2, -0.15) is 0 Å². The number of nitrogens with zero attached hydrogens (tertiary/aromatic N) is 2. The number of hydrogen-bond acceptors (Lipinski definition) is 6. The lowest BCUT2D eigenvalue weighted by atomic mass is 9.94. The third-order valence-corrected chi connectivity index (χ3v) is 5.32. The van der Waals surface area contributed by atoms with Crippen LogP contribution in [0.2, 0.25) is 0 Å². The summed E-state index contributed by atoms with van der Waals surface area (Å²) in [4.78, 5) is 62.0. The minimum atomic E-state index is -0.918. The number of primary amides is 2. The molecule has 2 rings (SSSR count). The van der Waals surface area contributed by atoms with Crippen LogP contribution in [-0.2, 0) is 20.9 Å². The number of imide groups is 1. The summed E-state index contributed by atoms with van der Waals surface area (Å²) < 4.78 is 1.04. The highest BCUT2D eigenvalue weighted by atomic mass is 16.3. The Bertz CT molecular complexity index is 1230. The lowest BCUT2D eigenvalue weighted by Gasteiger charge is -2.27. The second kappa shape index (κ2) is 9.94. The van der Waals surface area contributed by atoms with Gasteiger partial charge in [-0.05, 0) is 51.0 Å². The van der Waals surface area contributed by atoms with Crippen LogP contribution in [0.4, 0.5) is 0 Å². The van der Waals surface area contributed by atoms with Gasteiger partial charge in [-0.25, -0.2) is 0 Å². The fourth-order valence-corrected chi connectivity index (χ4v) is 3.59. The Labute approximate surface area is 190 Å². The van der Waals surface area contributed by atoms with Gasteiger partial charge in [0, 0.05) is 24.2 Å². The molecule has 0 saturated carbocycles. The number of carbonyl (C=O) groups excluding carboxylic acids is 4. The minimum Gasteiger partial charge on any atom is -0.494 e. The van der Waals surface area contributed by atoms with Gasteiger partial charge in [0.2, 0.25) is 5.88 Å². The first-order chi connectivity index (χ1) is 15.5. The van der Waals surface area contributed by atoms with Gasteiger partial charge in [-0.1, -0.05) is 18.2 Å². The van der Waals surface area contributed by atoms with Crippen molar-refractivity contribution in [3.05, 3.63) is 68.1 Å². The Morgan fingerprint density at radius 2 is 1.58 bits per heavy atom. The quantitative estimate of drug-likeness (QED) is 0.237. The van der Waals surface area contributed by atoms with Gasteiger partial charge in [0.05, 0.1) is 0 Å². The second-order valence-electron chi connectivity index (χ2n) is 7.19. The first-order valence-corrected chi connectivity index (χ1v) is 10.2. The Hall–Kier alpha value is -4.21. The third-order valence-electron chi connectivity index (χ3n) is 5.32. The van der Waals surface area contributed by atoms with Crippen LogP contribution >= 0.6 is 0 Å². The predicted octanol–water partition coefficient (Wildman–Crippen LogP) is 0.667. The molecule has 1 aromatic heterocycles. The first-order valence-electron chi connectivity index (χ1n) is 10.2. The van der Waals surface area contributed by atoms with Crippen molar-refractivity contribution in [3.63, 3.8) is 0 Å². The van der Waals surface area contributed by atoms with Crippen molar-refractivity contribution in [2.45, 2.75) is 34.2 Å². The van der Waals surface area contributed by atoms with E-state index in [-0.39, 0.29) is 46.5 Å². The van der Waals surface area contributed by atoms with E-state index < -0.39 is 35.1 Å². The number of allylic oxidation sites excluding steroid dienone is 4. The molecular formula is C23H26N4O6. The van der Waals surface area contributed by atoms with Crippen LogP contribution in [0, 0.1) is 6.92 Å². The predicted molar refractivity (Wildman–Crippen MR) is 122 cm³/mol.